The van der Waals surface area contributed by atoms with Crippen molar-refractivity contribution in [2.45, 2.75) is 25.7 Å². The zero-order valence-corrected chi connectivity index (χ0v) is 6.81. The summed E-state index contributed by atoms with van der Waals surface area (Å²) in [5.41, 5.74) is 0. The van der Waals surface area contributed by atoms with Gasteiger partial charge >= 0.3 is 0 Å². The highest BCUT2D eigenvalue weighted by atomic mass is 16.1. The highest BCUT2D eigenvalue weighted by molar-refractivity contribution is 5.85. The number of hydrogen-bond donors (Lipinski definition) is 1. The van der Waals surface area contributed by atoms with Crippen LogP contribution in [-0.2, 0) is 4.79 Å². The van der Waals surface area contributed by atoms with E-state index >= 15 is 0 Å². The van der Waals surface area contributed by atoms with Crippen LogP contribution in [0.1, 0.15) is 25.7 Å². The Kier molecular flexibility index (Phi) is 1.95. The normalized spacial score (nSPS) is 26.9. The predicted octanol–water partition coefficient (Wildman–Crippen LogP) is 0.965. The Hall–Kier alpha value is -0.370. The maximum Gasteiger partial charge on any atom is 0.139 e. The summed E-state index contributed by atoms with van der Waals surface area (Å²) in [5, 5.41) is 3.28. The molecule has 0 atom stereocenters. The largest absolute Gasteiger partial charge is 0.317 e. The maximum atomic E-state index is 11.5. The summed E-state index contributed by atoms with van der Waals surface area (Å²) in [6, 6.07) is 0. The zero-order valence-electron chi connectivity index (χ0n) is 6.81. The molecule has 0 aromatic carbocycles. The standard InChI is InChI=1S/C9H15NO/c11-9(7-1-2-7)8-3-5-10-6-4-8/h7-8,10H,1-6H2. The molecule has 0 aromatic heterocycles. The van der Waals surface area contributed by atoms with Gasteiger partial charge in [-0.2, -0.15) is 0 Å². The molecule has 1 N–H and O–H groups in total. The summed E-state index contributed by atoms with van der Waals surface area (Å²) in [7, 11) is 0. The summed E-state index contributed by atoms with van der Waals surface area (Å²) in [6.45, 7) is 2.09. The fourth-order valence-corrected chi connectivity index (χ4v) is 1.81. The smallest absolute Gasteiger partial charge is 0.139 e. The number of piperidine rings is 1. The maximum absolute atomic E-state index is 11.5. The molecule has 1 aliphatic carbocycles. The van der Waals surface area contributed by atoms with Crippen molar-refractivity contribution >= 4 is 5.78 Å². The third kappa shape index (κ3) is 1.62. The molecule has 2 nitrogen and oxygen atoms in total. The molecule has 1 aliphatic heterocycles. The number of carbonyl (C=O) groups is 1. The molecule has 0 unspecified atom stereocenters. The molecule has 0 spiro atoms. The van der Waals surface area contributed by atoms with Crippen molar-refractivity contribution in [3.05, 3.63) is 0 Å². The first kappa shape index (κ1) is 7.29. The van der Waals surface area contributed by atoms with E-state index in [1.165, 1.54) is 12.8 Å². The number of hydrogen-bond acceptors (Lipinski definition) is 2. The lowest BCUT2D eigenvalue weighted by Crippen LogP contribution is -2.32. The minimum Gasteiger partial charge on any atom is -0.317 e. The first-order valence-electron chi connectivity index (χ1n) is 4.62. The van der Waals surface area contributed by atoms with E-state index in [1.54, 1.807) is 0 Å². The molecule has 2 heteroatoms. The van der Waals surface area contributed by atoms with E-state index in [0.29, 0.717) is 17.6 Å². The van der Waals surface area contributed by atoms with Crippen LogP contribution < -0.4 is 5.32 Å². The molecule has 2 aliphatic rings. The Bertz CT molecular complexity index is 157. The third-order valence-corrected chi connectivity index (χ3v) is 2.72. The first-order valence-corrected chi connectivity index (χ1v) is 4.62. The van der Waals surface area contributed by atoms with E-state index in [0.717, 1.165) is 25.9 Å². The zero-order chi connectivity index (χ0) is 7.68. The van der Waals surface area contributed by atoms with Crippen molar-refractivity contribution in [1.82, 2.24) is 5.32 Å². The van der Waals surface area contributed by atoms with Gasteiger partial charge in [-0.05, 0) is 38.8 Å². The van der Waals surface area contributed by atoms with Gasteiger partial charge in [0.25, 0.3) is 0 Å². The van der Waals surface area contributed by atoms with Crippen LogP contribution in [0.2, 0.25) is 0 Å². The molecule has 0 radical (unpaired) electrons. The van der Waals surface area contributed by atoms with E-state index < -0.39 is 0 Å². The van der Waals surface area contributed by atoms with Gasteiger partial charge in [0, 0.05) is 11.8 Å². The van der Waals surface area contributed by atoms with Crippen LogP contribution in [-0.4, -0.2) is 18.9 Å². The van der Waals surface area contributed by atoms with Crippen molar-refractivity contribution in [2.75, 3.05) is 13.1 Å². The lowest BCUT2D eigenvalue weighted by molar-refractivity contribution is -0.124. The Morgan fingerprint density at radius 1 is 1.00 bits per heavy atom. The van der Waals surface area contributed by atoms with Crippen LogP contribution in [0.15, 0.2) is 0 Å². The summed E-state index contributed by atoms with van der Waals surface area (Å²) in [5.74, 6) is 1.44. The molecule has 62 valence electrons. The van der Waals surface area contributed by atoms with Gasteiger partial charge < -0.3 is 5.32 Å². The average molecular weight is 153 g/mol. The van der Waals surface area contributed by atoms with E-state index in [2.05, 4.69) is 5.32 Å². The van der Waals surface area contributed by atoms with Crippen molar-refractivity contribution in [3.8, 4) is 0 Å². The van der Waals surface area contributed by atoms with Gasteiger partial charge in [-0.15, -0.1) is 0 Å². The second-order valence-corrected chi connectivity index (χ2v) is 3.70. The van der Waals surface area contributed by atoms with E-state index in [-0.39, 0.29) is 0 Å². The molecular weight excluding hydrogens is 138 g/mol. The van der Waals surface area contributed by atoms with Crippen LogP contribution in [0.25, 0.3) is 0 Å². The number of ketones is 1. The SMILES string of the molecule is O=C(C1CCNCC1)C1CC1. The van der Waals surface area contributed by atoms with E-state index in [1.807, 2.05) is 0 Å². The van der Waals surface area contributed by atoms with Crippen LogP contribution in [0.4, 0.5) is 0 Å². The van der Waals surface area contributed by atoms with Crippen molar-refractivity contribution in [1.29, 1.82) is 0 Å². The van der Waals surface area contributed by atoms with Gasteiger partial charge in [0.2, 0.25) is 0 Å². The summed E-state index contributed by atoms with van der Waals surface area (Å²) < 4.78 is 0. The van der Waals surface area contributed by atoms with Gasteiger partial charge in [-0.25, -0.2) is 0 Å². The van der Waals surface area contributed by atoms with E-state index in [4.69, 9.17) is 0 Å². The highest BCUT2D eigenvalue weighted by Crippen LogP contribution is 2.34. The fraction of sp³-hybridized carbons (Fsp3) is 0.889. The fourth-order valence-electron chi connectivity index (χ4n) is 1.81. The van der Waals surface area contributed by atoms with Gasteiger partial charge in [-0.3, -0.25) is 4.79 Å². The molecule has 1 saturated heterocycles. The number of rotatable bonds is 2. The van der Waals surface area contributed by atoms with Crippen LogP contribution in [0, 0.1) is 11.8 Å². The molecule has 0 bridgehead atoms. The Labute approximate surface area is 67.4 Å². The summed E-state index contributed by atoms with van der Waals surface area (Å²) in [6.07, 6.45) is 4.50. The summed E-state index contributed by atoms with van der Waals surface area (Å²) >= 11 is 0. The highest BCUT2D eigenvalue weighted by Gasteiger charge is 2.34. The minimum absolute atomic E-state index is 0.406. The lowest BCUT2D eigenvalue weighted by Gasteiger charge is -2.20. The van der Waals surface area contributed by atoms with Gasteiger partial charge in [0.1, 0.15) is 5.78 Å². The average Bonchev–Trinajstić information content (AvgIpc) is 2.87. The van der Waals surface area contributed by atoms with Crippen molar-refractivity contribution in [3.63, 3.8) is 0 Å². The Morgan fingerprint density at radius 2 is 1.55 bits per heavy atom. The van der Waals surface area contributed by atoms with Crippen molar-refractivity contribution in [2.24, 2.45) is 11.8 Å². The van der Waals surface area contributed by atoms with Gasteiger partial charge in [0.15, 0.2) is 0 Å². The Balaban J connectivity index is 1.86. The molecule has 0 aromatic rings. The quantitative estimate of drug-likeness (QED) is 0.640. The van der Waals surface area contributed by atoms with Gasteiger partial charge in [-0.1, -0.05) is 0 Å². The second-order valence-electron chi connectivity index (χ2n) is 3.70. The van der Waals surface area contributed by atoms with E-state index in [9.17, 15) is 4.79 Å². The third-order valence-electron chi connectivity index (χ3n) is 2.72. The number of carbonyl (C=O) groups excluding carboxylic acids is 1. The summed E-state index contributed by atoms with van der Waals surface area (Å²) in [4.78, 5) is 11.5. The second kappa shape index (κ2) is 2.94. The van der Waals surface area contributed by atoms with Crippen molar-refractivity contribution < 1.29 is 4.79 Å². The molecule has 2 rings (SSSR count). The predicted molar refractivity (Wildman–Crippen MR) is 43.3 cm³/mol. The molecule has 1 saturated carbocycles. The lowest BCUT2D eigenvalue weighted by atomic mass is 9.91. The van der Waals surface area contributed by atoms with Gasteiger partial charge in [0.05, 0.1) is 0 Å². The topological polar surface area (TPSA) is 29.1 Å². The molecular formula is C9H15NO. The van der Waals surface area contributed by atoms with Crippen LogP contribution in [0.5, 0.6) is 0 Å². The first-order chi connectivity index (χ1) is 5.38. The van der Waals surface area contributed by atoms with Crippen LogP contribution >= 0.6 is 0 Å². The monoisotopic (exact) mass is 153 g/mol. The molecule has 11 heavy (non-hydrogen) atoms. The minimum atomic E-state index is 0.406. The van der Waals surface area contributed by atoms with Crippen LogP contribution in [0.3, 0.4) is 0 Å². The molecule has 1 heterocycles. The Morgan fingerprint density at radius 3 is 2.09 bits per heavy atom. The molecule has 2 fully saturated rings. The number of nitrogens with one attached hydrogen (secondary N) is 1. The molecule has 0 amide bonds. The number of Topliss-reactive ketones (excluding diaryl/α,β-unsaturated/α-hetero) is 1.